The predicted octanol–water partition coefficient (Wildman–Crippen LogP) is 2.12. The molecule has 3 rings (SSSR count). The van der Waals surface area contributed by atoms with Gasteiger partial charge in [-0.05, 0) is 38.0 Å². The van der Waals surface area contributed by atoms with Crippen molar-refractivity contribution in [1.29, 1.82) is 0 Å². The number of guanidine groups is 1. The smallest absolute Gasteiger partial charge is 0.192 e. The van der Waals surface area contributed by atoms with Gasteiger partial charge in [0.05, 0.1) is 12.1 Å². The highest BCUT2D eigenvalue weighted by Crippen LogP contribution is 2.43. The lowest BCUT2D eigenvalue weighted by molar-refractivity contribution is 0.166. The number of hydrogen-bond donors (Lipinski definition) is 1. The van der Waals surface area contributed by atoms with E-state index in [2.05, 4.69) is 16.8 Å². The third-order valence-corrected chi connectivity index (χ3v) is 4.65. The van der Waals surface area contributed by atoms with Crippen LogP contribution in [0.5, 0.6) is 0 Å². The summed E-state index contributed by atoms with van der Waals surface area (Å²) in [5, 5.41) is 0. The molecule has 3 heteroatoms. The molecule has 1 spiro atoms. The number of aliphatic imine (C=N–C) groups is 1. The summed E-state index contributed by atoms with van der Waals surface area (Å²) in [7, 11) is 0. The van der Waals surface area contributed by atoms with Crippen LogP contribution in [0.2, 0.25) is 0 Å². The maximum absolute atomic E-state index is 6.09. The number of hydrogen-bond acceptors (Lipinski definition) is 3. The minimum Gasteiger partial charge on any atom is -0.370 e. The van der Waals surface area contributed by atoms with Crippen LogP contribution in [-0.2, 0) is 0 Å². The molecule has 1 aliphatic heterocycles. The molecule has 2 N–H and O–H groups in total. The highest BCUT2D eigenvalue weighted by molar-refractivity contribution is 5.81. The van der Waals surface area contributed by atoms with Crippen molar-refractivity contribution in [3.8, 4) is 0 Å². The largest absolute Gasteiger partial charge is 0.370 e. The topological polar surface area (TPSA) is 41.6 Å². The van der Waals surface area contributed by atoms with Crippen LogP contribution in [0.25, 0.3) is 0 Å². The van der Waals surface area contributed by atoms with Gasteiger partial charge in [0.15, 0.2) is 5.96 Å². The van der Waals surface area contributed by atoms with Gasteiger partial charge in [-0.3, -0.25) is 4.99 Å². The fraction of sp³-hybridized carbons (Fsp3) is 0.923. The zero-order chi connectivity index (χ0) is 11.2. The zero-order valence-electron chi connectivity index (χ0n) is 10.3. The van der Waals surface area contributed by atoms with Crippen LogP contribution in [-0.4, -0.2) is 29.0 Å². The Balaban J connectivity index is 1.81. The highest BCUT2D eigenvalue weighted by Gasteiger charge is 2.48. The third-order valence-electron chi connectivity index (χ3n) is 4.65. The summed E-state index contributed by atoms with van der Waals surface area (Å²) in [6, 6.07) is 0.722. The molecule has 0 radical (unpaired) electrons. The summed E-state index contributed by atoms with van der Waals surface area (Å²) in [5.41, 5.74) is 6.40. The molecule has 90 valence electrons. The summed E-state index contributed by atoms with van der Waals surface area (Å²) in [6.45, 7) is 3.35. The molecule has 2 atom stereocenters. The molecule has 2 unspecified atom stereocenters. The van der Waals surface area contributed by atoms with Crippen molar-refractivity contribution >= 4 is 5.96 Å². The van der Waals surface area contributed by atoms with E-state index in [9.17, 15) is 0 Å². The molecular weight excluding hydrogens is 198 g/mol. The van der Waals surface area contributed by atoms with Gasteiger partial charge in [-0.15, -0.1) is 0 Å². The van der Waals surface area contributed by atoms with Gasteiger partial charge in [0.25, 0.3) is 0 Å². The Morgan fingerprint density at radius 2 is 2.06 bits per heavy atom. The Labute approximate surface area is 98.1 Å². The number of rotatable bonds is 1. The van der Waals surface area contributed by atoms with Gasteiger partial charge in [0.1, 0.15) is 0 Å². The van der Waals surface area contributed by atoms with E-state index in [0.29, 0.717) is 5.54 Å². The van der Waals surface area contributed by atoms with Crippen LogP contribution in [0.4, 0.5) is 0 Å². The molecule has 3 aliphatic rings. The molecule has 2 aliphatic carbocycles. The molecule has 1 heterocycles. The molecule has 0 saturated heterocycles. The van der Waals surface area contributed by atoms with Gasteiger partial charge in [-0.1, -0.05) is 19.8 Å². The van der Waals surface area contributed by atoms with Crippen LogP contribution in [0.15, 0.2) is 4.99 Å². The molecule has 3 nitrogen and oxygen atoms in total. The molecule has 0 aromatic rings. The van der Waals surface area contributed by atoms with E-state index in [1.165, 1.54) is 44.9 Å². The van der Waals surface area contributed by atoms with E-state index < -0.39 is 0 Å². The Hall–Kier alpha value is -0.730. The minimum atomic E-state index is 0.315. The first kappa shape index (κ1) is 10.4. The Bertz CT molecular complexity index is 308. The second kappa shape index (κ2) is 3.64. The quantitative estimate of drug-likeness (QED) is 0.737. The van der Waals surface area contributed by atoms with Gasteiger partial charge in [-0.25, -0.2) is 0 Å². The van der Waals surface area contributed by atoms with E-state index in [0.717, 1.165) is 24.5 Å². The first-order chi connectivity index (χ1) is 7.71. The fourth-order valence-electron chi connectivity index (χ4n) is 3.49. The van der Waals surface area contributed by atoms with Crippen LogP contribution >= 0.6 is 0 Å². The minimum absolute atomic E-state index is 0.315. The maximum Gasteiger partial charge on any atom is 0.192 e. The molecule has 2 fully saturated rings. The molecule has 0 aromatic carbocycles. The van der Waals surface area contributed by atoms with Gasteiger partial charge in [0.2, 0.25) is 0 Å². The normalized spacial score (nSPS) is 39.9. The van der Waals surface area contributed by atoms with Gasteiger partial charge in [-0.2, -0.15) is 0 Å². The monoisotopic (exact) mass is 221 g/mol. The van der Waals surface area contributed by atoms with Crippen LogP contribution in [0.1, 0.15) is 51.9 Å². The molecular formula is C13H23N3. The second-order valence-corrected chi connectivity index (χ2v) is 6.04. The molecule has 2 saturated carbocycles. The van der Waals surface area contributed by atoms with E-state index in [1.807, 2.05) is 0 Å². The second-order valence-electron chi connectivity index (χ2n) is 6.04. The van der Waals surface area contributed by atoms with Gasteiger partial charge < -0.3 is 10.6 Å². The summed E-state index contributed by atoms with van der Waals surface area (Å²) in [5.74, 6) is 1.72. The van der Waals surface area contributed by atoms with Crippen molar-refractivity contribution < 1.29 is 0 Å². The van der Waals surface area contributed by atoms with E-state index >= 15 is 0 Å². The lowest BCUT2D eigenvalue weighted by Gasteiger charge is -2.39. The zero-order valence-corrected chi connectivity index (χ0v) is 10.3. The van der Waals surface area contributed by atoms with E-state index in [-0.39, 0.29) is 0 Å². The molecule has 0 bridgehead atoms. The Morgan fingerprint density at radius 3 is 2.81 bits per heavy atom. The van der Waals surface area contributed by atoms with Crippen molar-refractivity contribution in [2.75, 3.05) is 6.54 Å². The van der Waals surface area contributed by atoms with E-state index in [4.69, 9.17) is 5.73 Å². The molecule has 16 heavy (non-hydrogen) atoms. The summed E-state index contributed by atoms with van der Waals surface area (Å²) in [4.78, 5) is 7.03. The summed E-state index contributed by atoms with van der Waals surface area (Å²) >= 11 is 0. The van der Waals surface area contributed by atoms with Crippen molar-refractivity contribution in [1.82, 2.24) is 4.90 Å². The van der Waals surface area contributed by atoms with E-state index in [1.54, 1.807) is 0 Å². The van der Waals surface area contributed by atoms with Crippen molar-refractivity contribution in [3.05, 3.63) is 0 Å². The number of nitrogens with zero attached hydrogens (tertiary/aromatic N) is 2. The van der Waals surface area contributed by atoms with Crippen LogP contribution < -0.4 is 5.73 Å². The van der Waals surface area contributed by atoms with Crippen molar-refractivity contribution in [2.45, 2.75) is 63.5 Å². The molecule has 0 amide bonds. The lowest BCUT2D eigenvalue weighted by atomic mass is 9.88. The predicted molar refractivity (Wildman–Crippen MR) is 66.3 cm³/mol. The SMILES string of the molecule is CC1CCCC2(CC1)CN=C(N)N2C1CC1. The first-order valence-corrected chi connectivity index (χ1v) is 6.80. The number of nitrogens with two attached hydrogens (primary N) is 1. The van der Waals surface area contributed by atoms with Gasteiger partial charge >= 0.3 is 0 Å². The third kappa shape index (κ3) is 1.61. The average molecular weight is 221 g/mol. The van der Waals surface area contributed by atoms with Crippen molar-refractivity contribution in [3.63, 3.8) is 0 Å². The van der Waals surface area contributed by atoms with Crippen molar-refractivity contribution in [2.24, 2.45) is 16.6 Å². The molecule has 0 aromatic heterocycles. The van der Waals surface area contributed by atoms with Crippen LogP contribution in [0.3, 0.4) is 0 Å². The Kier molecular flexibility index (Phi) is 2.37. The van der Waals surface area contributed by atoms with Crippen LogP contribution in [0, 0.1) is 5.92 Å². The fourth-order valence-corrected chi connectivity index (χ4v) is 3.49. The summed E-state index contributed by atoms with van der Waals surface area (Å²) in [6.07, 6.45) is 9.35. The maximum atomic E-state index is 6.09. The standard InChI is InChI=1S/C13H23N3/c1-10-3-2-7-13(8-6-10)9-15-12(14)16(13)11-4-5-11/h10-11H,2-9H2,1H3,(H2,14,15). The highest BCUT2D eigenvalue weighted by atomic mass is 15.4. The van der Waals surface area contributed by atoms with Gasteiger partial charge in [0, 0.05) is 6.04 Å². The Morgan fingerprint density at radius 1 is 1.25 bits per heavy atom. The average Bonchev–Trinajstić information content (AvgIpc) is 3.04. The summed E-state index contributed by atoms with van der Waals surface area (Å²) < 4.78 is 0. The lowest BCUT2D eigenvalue weighted by Crippen LogP contribution is -2.52. The first-order valence-electron chi connectivity index (χ1n) is 6.80.